The average Bonchev–Trinajstić information content (AvgIpc) is 2.17. The van der Waals surface area contributed by atoms with Crippen molar-refractivity contribution in [2.45, 2.75) is 25.3 Å². The monoisotopic (exact) mass is 288 g/mol. The summed E-state index contributed by atoms with van der Waals surface area (Å²) in [6, 6.07) is 10.2. The molecule has 1 aromatic carbocycles. The highest BCUT2D eigenvalue weighted by atomic mass is 79.9. The molecule has 4 heteroatoms. The number of nitrogens with zero attached hydrogens (tertiary/aromatic N) is 1. The van der Waals surface area contributed by atoms with Crippen molar-refractivity contribution in [2.75, 3.05) is 0 Å². The van der Waals surface area contributed by atoms with E-state index < -0.39 is 5.54 Å². The summed E-state index contributed by atoms with van der Waals surface area (Å²) < 4.78 is 1.07. The van der Waals surface area contributed by atoms with E-state index in [1.54, 1.807) is 6.92 Å². The van der Waals surface area contributed by atoms with Crippen LogP contribution in [0.25, 0.3) is 0 Å². The van der Waals surface area contributed by atoms with Gasteiger partial charge in [-0.15, -0.1) is 12.4 Å². The van der Waals surface area contributed by atoms with Crippen molar-refractivity contribution in [2.24, 2.45) is 5.73 Å². The zero-order valence-electron chi connectivity index (χ0n) is 8.53. The van der Waals surface area contributed by atoms with Gasteiger partial charge in [-0.2, -0.15) is 5.26 Å². The zero-order valence-corrected chi connectivity index (χ0v) is 10.9. The third-order valence-corrected chi connectivity index (χ3v) is 2.63. The second-order valence-electron chi connectivity index (χ2n) is 3.66. The standard InChI is InChI=1S/C11H13BrN2.ClH/c1-11(14,8-13)7-6-9-2-4-10(12)5-3-9;/h2-5H,6-7,14H2,1H3;1H. The normalized spacial score (nSPS) is 13.5. The minimum Gasteiger partial charge on any atom is -0.314 e. The fourth-order valence-corrected chi connectivity index (χ4v) is 1.38. The Balaban J connectivity index is 0.00000196. The lowest BCUT2D eigenvalue weighted by Gasteiger charge is -2.14. The highest BCUT2D eigenvalue weighted by Gasteiger charge is 2.16. The van der Waals surface area contributed by atoms with Crippen molar-refractivity contribution >= 4 is 28.3 Å². The summed E-state index contributed by atoms with van der Waals surface area (Å²) in [7, 11) is 0. The molecule has 0 bridgehead atoms. The summed E-state index contributed by atoms with van der Waals surface area (Å²) in [6.45, 7) is 1.76. The molecule has 0 aliphatic carbocycles. The van der Waals surface area contributed by atoms with E-state index in [4.69, 9.17) is 11.0 Å². The van der Waals surface area contributed by atoms with E-state index in [-0.39, 0.29) is 12.4 Å². The maximum Gasteiger partial charge on any atom is 0.101 e. The molecule has 1 unspecified atom stereocenters. The van der Waals surface area contributed by atoms with E-state index in [0.717, 1.165) is 10.9 Å². The summed E-state index contributed by atoms with van der Waals surface area (Å²) in [4.78, 5) is 0. The van der Waals surface area contributed by atoms with Crippen LogP contribution in [0.5, 0.6) is 0 Å². The molecule has 1 aromatic rings. The first-order valence-corrected chi connectivity index (χ1v) is 5.27. The Kier molecular flexibility index (Phi) is 5.89. The lowest BCUT2D eigenvalue weighted by atomic mass is 9.96. The molecule has 2 N–H and O–H groups in total. The molecule has 0 saturated heterocycles. The second-order valence-corrected chi connectivity index (χ2v) is 4.57. The summed E-state index contributed by atoms with van der Waals surface area (Å²) in [5.74, 6) is 0. The molecule has 1 rings (SSSR count). The van der Waals surface area contributed by atoms with Crippen LogP contribution in [0.15, 0.2) is 28.7 Å². The molecule has 0 amide bonds. The van der Waals surface area contributed by atoms with Gasteiger partial charge in [-0.3, -0.25) is 0 Å². The molecular formula is C11H14BrClN2. The number of nitriles is 1. The maximum atomic E-state index is 8.73. The number of hydrogen-bond donors (Lipinski definition) is 1. The predicted octanol–water partition coefficient (Wildman–Crippen LogP) is 3.04. The molecule has 0 aliphatic rings. The predicted molar refractivity (Wildman–Crippen MR) is 67.9 cm³/mol. The van der Waals surface area contributed by atoms with Crippen molar-refractivity contribution in [3.63, 3.8) is 0 Å². The summed E-state index contributed by atoms with van der Waals surface area (Å²) in [5, 5.41) is 8.73. The van der Waals surface area contributed by atoms with Gasteiger partial charge in [-0.25, -0.2) is 0 Å². The van der Waals surface area contributed by atoms with Crippen LogP contribution < -0.4 is 5.73 Å². The molecular weight excluding hydrogens is 275 g/mol. The van der Waals surface area contributed by atoms with Gasteiger partial charge in [0, 0.05) is 4.47 Å². The number of benzene rings is 1. The van der Waals surface area contributed by atoms with Crippen LogP contribution in [0, 0.1) is 11.3 Å². The van der Waals surface area contributed by atoms with Gasteiger partial charge in [0.15, 0.2) is 0 Å². The number of aryl methyl sites for hydroxylation is 1. The topological polar surface area (TPSA) is 49.8 Å². The van der Waals surface area contributed by atoms with Gasteiger partial charge >= 0.3 is 0 Å². The van der Waals surface area contributed by atoms with Crippen molar-refractivity contribution in [1.29, 1.82) is 5.26 Å². The van der Waals surface area contributed by atoms with E-state index >= 15 is 0 Å². The van der Waals surface area contributed by atoms with Crippen LogP contribution >= 0.6 is 28.3 Å². The number of hydrogen-bond acceptors (Lipinski definition) is 2. The van der Waals surface area contributed by atoms with Crippen LogP contribution in [0.4, 0.5) is 0 Å². The molecule has 0 fully saturated rings. The first kappa shape index (κ1) is 14.4. The molecule has 1 atom stereocenters. The van der Waals surface area contributed by atoms with Gasteiger partial charge in [-0.05, 0) is 37.5 Å². The van der Waals surface area contributed by atoms with Crippen molar-refractivity contribution in [3.05, 3.63) is 34.3 Å². The lowest BCUT2D eigenvalue weighted by Crippen LogP contribution is -2.34. The van der Waals surface area contributed by atoms with Crippen LogP contribution in [-0.4, -0.2) is 5.54 Å². The van der Waals surface area contributed by atoms with Crippen molar-refractivity contribution in [3.8, 4) is 6.07 Å². The first-order valence-electron chi connectivity index (χ1n) is 4.48. The van der Waals surface area contributed by atoms with Crippen LogP contribution in [-0.2, 0) is 6.42 Å². The highest BCUT2D eigenvalue weighted by Crippen LogP contribution is 2.14. The van der Waals surface area contributed by atoms with Gasteiger partial charge < -0.3 is 5.73 Å². The fraction of sp³-hybridized carbons (Fsp3) is 0.364. The van der Waals surface area contributed by atoms with Crippen molar-refractivity contribution < 1.29 is 0 Å². The van der Waals surface area contributed by atoms with E-state index in [0.29, 0.717) is 6.42 Å². The summed E-state index contributed by atoms with van der Waals surface area (Å²) >= 11 is 3.37. The van der Waals surface area contributed by atoms with Gasteiger partial charge in [0.1, 0.15) is 5.54 Å². The molecule has 15 heavy (non-hydrogen) atoms. The third-order valence-electron chi connectivity index (χ3n) is 2.10. The van der Waals surface area contributed by atoms with Gasteiger partial charge in [-0.1, -0.05) is 28.1 Å². The highest BCUT2D eigenvalue weighted by molar-refractivity contribution is 9.10. The van der Waals surface area contributed by atoms with Gasteiger partial charge in [0.25, 0.3) is 0 Å². The summed E-state index contributed by atoms with van der Waals surface area (Å²) in [6.07, 6.45) is 1.53. The number of rotatable bonds is 3. The Hall–Kier alpha value is -0.560. The lowest BCUT2D eigenvalue weighted by molar-refractivity contribution is 0.546. The summed E-state index contributed by atoms with van der Waals surface area (Å²) in [5.41, 5.74) is 6.22. The molecule has 0 radical (unpaired) electrons. The van der Waals surface area contributed by atoms with Crippen LogP contribution in [0.3, 0.4) is 0 Å². The minimum atomic E-state index is -0.715. The Morgan fingerprint density at radius 2 is 1.93 bits per heavy atom. The minimum absolute atomic E-state index is 0. The third kappa shape index (κ3) is 5.17. The van der Waals surface area contributed by atoms with Gasteiger partial charge in [0.2, 0.25) is 0 Å². The molecule has 0 aliphatic heterocycles. The van der Waals surface area contributed by atoms with Crippen LogP contribution in [0.1, 0.15) is 18.9 Å². The molecule has 0 saturated carbocycles. The second kappa shape index (κ2) is 6.12. The molecule has 2 nitrogen and oxygen atoms in total. The van der Waals surface area contributed by atoms with E-state index in [1.165, 1.54) is 5.56 Å². The van der Waals surface area contributed by atoms with E-state index in [2.05, 4.69) is 22.0 Å². The van der Waals surface area contributed by atoms with Crippen LogP contribution in [0.2, 0.25) is 0 Å². The zero-order chi connectivity index (χ0) is 10.6. The molecule has 0 aromatic heterocycles. The van der Waals surface area contributed by atoms with Crippen molar-refractivity contribution in [1.82, 2.24) is 0 Å². The van der Waals surface area contributed by atoms with Gasteiger partial charge in [0.05, 0.1) is 6.07 Å². The number of nitrogens with two attached hydrogens (primary N) is 1. The Morgan fingerprint density at radius 3 is 2.40 bits per heavy atom. The molecule has 82 valence electrons. The Bertz CT molecular complexity index is 341. The average molecular weight is 290 g/mol. The Morgan fingerprint density at radius 1 is 1.40 bits per heavy atom. The molecule has 0 heterocycles. The quantitative estimate of drug-likeness (QED) is 0.930. The largest absolute Gasteiger partial charge is 0.314 e. The smallest absolute Gasteiger partial charge is 0.101 e. The fourth-order valence-electron chi connectivity index (χ4n) is 1.11. The Labute approximate surface area is 105 Å². The van der Waals surface area contributed by atoms with E-state index in [9.17, 15) is 0 Å². The maximum absolute atomic E-state index is 8.73. The molecule has 0 spiro atoms. The SMILES string of the molecule is CC(N)(C#N)CCc1ccc(Br)cc1.Cl. The van der Waals surface area contributed by atoms with E-state index in [1.807, 2.05) is 24.3 Å². The first-order chi connectivity index (χ1) is 6.53. The number of halogens is 2.